The number of rotatable bonds is 15. The molecule has 14 nitrogen and oxygen atoms in total. The van der Waals surface area contributed by atoms with Gasteiger partial charge in [-0.2, -0.15) is 0 Å². The predicted octanol–water partition coefficient (Wildman–Crippen LogP) is 6.45. The third kappa shape index (κ3) is 11.7. The average molecular weight is 928 g/mol. The summed E-state index contributed by atoms with van der Waals surface area (Å²) in [7, 11) is 0. The number of carboxylic acids is 1. The van der Waals surface area contributed by atoms with Gasteiger partial charge in [0.2, 0.25) is 0 Å². The quantitative estimate of drug-likeness (QED) is 0.181. The van der Waals surface area contributed by atoms with E-state index in [9.17, 15) is 29.1 Å². The molecule has 4 atom stereocenters. The summed E-state index contributed by atoms with van der Waals surface area (Å²) in [6, 6.07) is 5.12. The van der Waals surface area contributed by atoms with Crippen molar-refractivity contribution < 1.29 is 29.1 Å². The lowest BCUT2D eigenvalue weighted by molar-refractivity contribution is -0.140. The van der Waals surface area contributed by atoms with Gasteiger partial charge in [0.25, 0.3) is 23.6 Å². The summed E-state index contributed by atoms with van der Waals surface area (Å²) in [6.45, 7) is 10.5. The van der Waals surface area contributed by atoms with E-state index in [1.807, 2.05) is 41.0 Å². The number of carbonyl (C=O) groups excluding carboxylic acids is 4. The zero-order chi connectivity index (χ0) is 44.5. The van der Waals surface area contributed by atoms with E-state index < -0.39 is 23.8 Å². The summed E-state index contributed by atoms with van der Waals surface area (Å²) in [5.74, 6) is -3.40. The van der Waals surface area contributed by atoms with Gasteiger partial charge in [0.15, 0.2) is 0 Å². The number of aliphatic carboxylic acids is 1. The molecule has 338 valence electrons. The molecule has 0 aromatic carbocycles. The van der Waals surface area contributed by atoms with E-state index >= 15 is 0 Å². The van der Waals surface area contributed by atoms with Gasteiger partial charge >= 0.3 is 5.97 Å². The fraction of sp³-hybridized carbons (Fsp3) is 0.562. The van der Waals surface area contributed by atoms with Gasteiger partial charge in [0.1, 0.15) is 28.8 Å². The Balaban J connectivity index is 1.27. The Kier molecular flexibility index (Phi) is 16.0. The molecular formula is C48H63BrN8O6. The van der Waals surface area contributed by atoms with Crippen LogP contribution in [-0.4, -0.2) is 141 Å². The van der Waals surface area contributed by atoms with Crippen molar-refractivity contribution in [2.45, 2.75) is 109 Å². The molecule has 5 aliphatic rings. The van der Waals surface area contributed by atoms with E-state index in [2.05, 4.69) is 41.3 Å². The zero-order valence-corrected chi connectivity index (χ0v) is 38.4. The first-order chi connectivity index (χ1) is 30.5. The van der Waals surface area contributed by atoms with Crippen LogP contribution in [0.5, 0.6) is 0 Å². The minimum atomic E-state index is -1.19. The van der Waals surface area contributed by atoms with Crippen LogP contribution in [0.1, 0.15) is 133 Å². The number of nitrogens with one attached hydrogen (secondary N) is 2. The number of halogens is 1. The molecule has 4 unspecified atom stereocenters. The highest BCUT2D eigenvalue weighted by atomic mass is 79.9. The van der Waals surface area contributed by atoms with Gasteiger partial charge in [-0.1, -0.05) is 73.3 Å². The van der Waals surface area contributed by atoms with Crippen molar-refractivity contribution >= 4 is 45.5 Å². The van der Waals surface area contributed by atoms with Crippen molar-refractivity contribution in [3.8, 4) is 11.1 Å². The number of allylic oxidation sites excluding steroid dienone is 4. The molecular weight excluding hydrogens is 864 g/mol. The van der Waals surface area contributed by atoms with Crippen LogP contribution in [0.25, 0.3) is 11.1 Å². The number of carboxylic acid groups (broad SMARTS) is 1. The van der Waals surface area contributed by atoms with Crippen LogP contribution in [0.4, 0.5) is 0 Å². The lowest BCUT2D eigenvalue weighted by atomic mass is 9.98. The number of carbonyl (C=O) groups is 5. The summed E-state index contributed by atoms with van der Waals surface area (Å²) in [5.41, 5.74) is 1.62. The maximum absolute atomic E-state index is 14.6. The van der Waals surface area contributed by atoms with E-state index in [0.717, 1.165) is 107 Å². The summed E-state index contributed by atoms with van der Waals surface area (Å²) in [6.07, 6.45) is 19.6. The zero-order valence-electron chi connectivity index (χ0n) is 36.8. The molecule has 4 saturated heterocycles. The van der Waals surface area contributed by atoms with Crippen molar-refractivity contribution in [2.75, 3.05) is 58.9 Å². The molecule has 2 aromatic rings. The number of likely N-dealkylation sites (tertiary alicyclic amines) is 4. The number of hydrogen-bond acceptors (Lipinski definition) is 9. The Bertz CT molecular complexity index is 2110. The van der Waals surface area contributed by atoms with Crippen molar-refractivity contribution in [3.63, 3.8) is 0 Å². The Morgan fingerprint density at radius 3 is 1.75 bits per heavy atom. The van der Waals surface area contributed by atoms with Crippen molar-refractivity contribution in [3.05, 3.63) is 81.4 Å². The summed E-state index contributed by atoms with van der Waals surface area (Å²) >= 11 is 3.61. The normalized spacial score (nSPS) is 21.9. The van der Waals surface area contributed by atoms with Gasteiger partial charge in [0.05, 0.1) is 0 Å². The lowest BCUT2D eigenvalue weighted by Crippen LogP contribution is -2.46. The largest absolute Gasteiger partial charge is 0.480 e. The Labute approximate surface area is 379 Å². The average Bonchev–Trinajstić information content (AvgIpc) is 3.92. The molecule has 1 aliphatic carbocycles. The molecule has 0 radical (unpaired) electrons. The van der Waals surface area contributed by atoms with E-state index in [4.69, 9.17) is 4.98 Å². The predicted molar refractivity (Wildman–Crippen MR) is 246 cm³/mol. The standard InChI is InChI=1S/C48H63BrN8O6/c1-3-32(2)43(48(62)63)53-45(59)40-26-35(28-42(52-40)47(61)57-24-14-17-37(57)31-55-21-11-6-12-22-55)34-25-39(44(58)50-29-33-15-7-4-8-18-38(33)49)51-41(27-34)46(60)56-23-13-16-36(56)30-54-19-9-5-10-20-54/h4,7,15,18,25-28,32,36-37,43H,3,5-6,8-14,16-17,19-24,29-31H2,1-2H3,(H,50,58)(H,53,59)(H,62,63). The number of nitrogens with zero attached hydrogens (tertiary/aromatic N) is 6. The minimum Gasteiger partial charge on any atom is -0.480 e. The molecule has 3 N–H and O–H groups in total. The number of aromatic nitrogens is 2. The number of amides is 4. The van der Waals surface area contributed by atoms with Gasteiger partial charge in [-0.25, -0.2) is 14.8 Å². The lowest BCUT2D eigenvalue weighted by Gasteiger charge is -2.33. The van der Waals surface area contributed by atoms with Crippen LogP contribution in [0.3, 0.4) is 0 Å². The van der Waals surface area contributed by atoms with Crippen LogP contribution in [0.15, 0.2) is 58.6 Å². The molecule has 6 heterocycles. The first-order valence-corrected chi connectivity index (χ1v) is 23.9. The van der Waals surface area contributed by atoms with Gasteiger partial charge < -0.3 is 35.3 Å². The second-order valence-electron chi connectivity index (χ2n) is 17.8. The van der Waals surface area contributed by atoms with E-state index in [1.54, 1.807) is 25.1 Å². The molecule has 63 heavy (non-hydrogen) atoms. The van der Waals surface area contributed by atoms with Crippen LogP contribution >= 0.6 is 15.9 Å². The second kappa shape index (κ2) is 21.8. The molecule has 0 saturated carbocycles. The Morgan fingerprint density at radius 1 is 0.730 bits per heavy atom. The molecule has 0 bridgehead atoms. The fourth-order valence-electron chi connectivity index (χ4n) is 9.56. The molecule has 0 spiro atoms. The Morgan fingerprint density at radius 2 is 1.24 bits per heavy atom. The molecule has 7 rings (SSSR count). The number of piperidine rings is 2. The van der Waals surface area contributed by atoms with E-state index in [0.29, 0.717) is 30.6 Å². The van der Waals surface area contributed by atoms with Crippen LogP contribution in [0.2, 0.25) is 0 Å². The van der Waals surface area contributed by atoms with Gasteiger partial charge in [-0.05, 0) is 131 Å². The molecule has 4 aliphatic heterocycles. The van der Waals surface area contributed by atoms with Crippen LogP contribution in [-0.2, 0) is 4.79 Å². The highest BCUT2D eigenvalue weighted by molar-refractivity contribution is 9.12. The van der Waals surface area contributed by atoms with Gasteiger partial charge in [0, 0.05) is 49.3 Å². The molecule has 2 aromatic heterocycles. The highest BCUT2D eigenvalue weighted by Crippen LogP contribution is 2.29. The molecule has 15 heteroatoms. The fourth-order valence-corrected chi connectivity index (χ4v) is 10.0. The highest BCUT2D eigenvalue weighted by Gasteiger charge is 2.35. The maximum Gasteiger partial charge on any atom is 0.326 e. The van der Waals surface area contributed by atoms with Crippen LogP contribution in [0, 0.1) is 5.92 Å². The third-order valence-electron chi connectivity index (χ3n) is 13.4. The number of hydrogen-bond donors (Lipinski definition) is 3. The first-order valence-electron chi connectivity index (χ1n) is 23.1. The second-order valence-corrected chi connectivity index (χ2v) is 18.7. The summed E-state index contributed by atoms with van der Waals surface area (Å²) < 4.78 is 0.869. The maximum atomic E-state index is 14.6. The van der Waals surface area contributed by atoms with Crippen molar-refractivity contribution in [1.82, 2.24) is 40.2 Å². The summed E-state index contributed by atoms with van der Waals surface area (Å²) in [4.78, 5) is 87.7. The molecule has 4 fully saturated rings. The number of pyridine rings is 2. The van der Waals surface area contributed by atoms with Crippen molar-refractivity contribution in [1.29, 1.82) is 0 Å². The van der Waals surface area contributed by atoms with Crippen LogP contribution < -0.4 is 10.6 Å². The van der Waals surface area contributed by atoms with Crippen molar-refractivity contribution in [2.24, 2.45) is 5.92 Å². The molecule has 4 amide bonds. The van der Waals surface area contributed by atoms with E-state index in [-0.39, 0.29) is 59.1 Å². The monoisotopic (exact) mass is 926 g/mol. The van der Waals surface area contributed by atoms with E-state index in [1.165, 1.54) is 18.9 Å². The first kappa shape index (κ1) is 46.3. The topological polar surface area (TPSA) is 168 Å². The van der Waals surface area contributed by atoms with Gasteiger partial charge in [-0.3, -0.25) is 19.2 Å². The third-order valence-corrected chi connectivity index (χ3v) is 14.2. The SMILES string of the molecule is CCC(C)C(NC(=O)c1cc(-c2cc(C(=O)NCC3=CC=CCC=C3Br)nc(C(=O)N3CCCC3CN3CCCCC3)c2)cc(C(=O)N2CCCC2CN2CCCCC2)n1)C(=O)O. The smallest absolute Gasteiger partial charge is 0.326 e. The summed E-state index contributed by atoms with van der Waals surface area (Å²) in [5, 5.41) is 15.7. The van der Waals surface area contributed by atoms with Gasteiger partial charge in [-0.15, -0.1) is 0 Å². The Hall–Kier alpha value is -4.73. The minimum absolute atomic E-state index is 0.00387.